The highest BCUT2D eigenvalue weighted by Crippen LogP contribution is 2.27. The largest absolute Gasteiger partial charge is 0.367 e. The van der Waals surface area contributed by atoms with Gasteiger partial charge in [0.1, 0.15) is 0 Å². The Morgan fingerprint density at radius 1 is 1.53 bits per heavy atom. The molecule has 1 unspecified atom stereocenters. The van der Waals surface area contributed by atoms with Crippen LogP contribution in [0.3, 0.4) is 0 Å². The van der Waals surface area contributed by atoms with E-state index in [1.54, 1.807) is 0 Å². The van der Waals surface area contributed by atoms with Crippen molar-refractivity contribution < 1.29 is 0 Å². The first kappa shape index (κ1) is 14.7. The maximum atomic E-state index is 4.47. The highest BCUT2D eigenvalue weighted by Gasteiger charge is 2.21. The maximum absolute atomic E-state index is 4.47. The van der Waals surface area contributed by atoms with E-state index in [-0.39, 0.29) is 0 Å². The molecule has 0 spiro atoms. The molecule has 19 heavy (non-hydrogen) atoms. The van der Waals surface area contributed by atoms with E-state index in [4.69, 9.17) is 0 Å². The molecular weight excluding hydrogens is 254 g/mol. The minimum absolute atomic E-state index is 0.616. The average molecular weight is 279 g/mol. The second kappa shape index (κ2) is 7.15. The molecule has 1 N–H and O–H groups in total. The normalized spacial score (nSPS) is 19.7. The molecule has 0 radical (unpaired) electrons. The first-order chi connectivity index (χ1) is 9.22. The van der Waals surface area contributed by atoms with Crippen LogP contribution in [-0.4, -0.2) is 35.6 Å². The van der Waals surface area contributed by atoms with Crippen molar-refractivity contribution in [3.05, 3.63) is 23.5 Å². The standard InChI is InChI=1S/C15H25N3S/c1-4-5-16-9-14-10-17-12(2)8-15(14)18-6-7-19-11-13(18)3/h8,10,13,16H,4-7,9,11H2,1-3H3. The molecule has 1 aromatic heterocycles. The zero-order chi connectivity index (χ0) is 13.7. The van der Waals surface area contributed by atoms with Crippen molar-refractivity contribution in [3.8, 4) is 0 Å². The molecule has 1 aromatic rings. The third-order valence-corrected chi connectivity index (χ3v) is 4.71. The maximum Gasteiger partial charge on any atom is 0.0448 e. The molecule has 1 fully saturated rings. The Hall–Kier alpha value is -0.740. The van der Waals surface area contributed by atoms with E-state index in [0.717, 1.165) is 25.3 Å². The highest BCUT2D eigenvalue weighted by molar-refractivity contribution is 7.99. The van der Waals surface area contributed by atoms with Crippen LogP contribution in [0.15, 0.2) is 12.3 Å². The zero-order valence-corrected chi connectivity index (χ0v) is 13.1. The summed E-state index contributed by atoms with van der Waals surface area (Å²) in [7, 11) is 0. The summed E-state index contributed by atoms with van der Waals surface area (Å²) in [6, 6.07) is 2.86. The molecular formula is C15H25N3S. The summed E-state index contributed by atoms with van der Waals surface area (Å²) in [6.07, 6.45) is 3.22. The Morgan fingerprint density at radius 2 is 2.37 bits per heavy atom. The Kier molecular flexibility index (Phi) is 5.52. The van der Waals surface area contributed by atoms with Gasteiger partial charge in [0.05, 0.1) is 0 Å². The third-order valence-electron chi connectivity index (χ3n) is 3.52. The molecule has 0 saturated carbocycles. The van der Waals surface area contributed by atoms with Crippen LogP contribution < -0.4 is 10.2 Å². The van der Waals surface area contributed by atoms with Gasteiger partial charge >= 0.3 is 0 Å². The molecule has 0 bridgehead atoms. The summed E-state index contributed by atoms with van der Waals surface area (Å²) in [5, 5.41) is 3.49. The van der Waals surface area contributed by atoms with E-state index in [2.05, 4.69) is 53.8 Å². The number of nitrogens with one attached hydrogen (secondary N) is 1. The Balaban J connectivity index is 2.18. The smallest absolute Gasteiger partial charge is 0.0448 e. The second-order valence-electron chi connectivity index (χ2n) is 5.25. The topological polar surface area (TPSA) is 28.2 Å². The van der Waals surface area contributed by atoms with Crippen LogP contribution in [0.5, 0.6) is 0 Å². The van der Waals surface area contributed by atoms with E-state index < -0.39 is 0 Å². The molecule has 2 rings (SSSR count). The zero-order valence-electron chi connectivity index (χ0n) is 12.3. The molecule has 0 amide bonds. The van der Waals surface area contributed by atoms with Gasteiger partial charge in [0.25, 0.3) is 0 Å². The number of aryl methyl sites for hydroxylation is 1. The fourth-order valence-electron chi connectivity index (χ4n) is 2.46. The SMILES string of the molecule is CCCNCc1cnc(C)cc1N1CCSCC1C. The average Bonchev–Trinajstić information content (AvgIpc) is 2.41. The van der Waals surface area contributed by atoms with Gasteiger partial charge in [0.2, 0.25) is 0 Å². The molecule has 2 heterocycles. The Labute approximate surface area is 121 Å². The van der Waals surface area contributed by atoms with E-state index in [9.17, 15) is 0 Å². The summed E-state index contributed by atoms with van der Waals surface area (Å²) < 4.78 is 0. The van der Waals surface area contributed by atoms with Crippen LogP contribution in [0.1, 0.15) is 31.5 Å². The second-order valence-corrected chi connectivity index (χ2v) is 6.40. The van der Waals surface area contributed by atoms with Crippen molar-refractivity contribution in [2.45, 2.75) is 39.8 Å². The van der Waals surface area contributed by atoms with Crippen molar-refractivity contribution >= 4 is 17.4 Å². The number of aromatic nitrogens is 1. The molecule has 0 aliphatic carbocycles. The number of rotatable bonds is 5. The molecule has 106 valence electrons. The van der Waals surface area contributed by atoms with Gasteiger partial charge in [-0.05, 0) is 32.9 Å². The molecule has 1 aliphatic rings. The van der Waals surface area contributed by atoms with Crippen LogP contribution in [-0.2, 0) is 6.54 Å². The first-order valence-corrected chi connectivity index (χ1v) is 8.38. The van der Waals surface area contributed by atoms with E-state index in [0.29, 0.717) is 6.04 Å². The third kappa shape index (κ3) is 3.86. The van der Waals surface area contributed by atoms with E-state index in [1.807, 2.05) is 6.20 Å². The molecule has 0 aromatic carbocycles. The summed E-state index contributed by atoms with van der Waals surface area (Å²) in [6.45, 7) is 9.74. The van der Waals surface area contributed by atoms with Crippen LogP contribution in [0, 0.1) is 6.92 Å². The lowest BCUT2D eigenvalue weighted by atomic mass is 10.1. The van der Waals surface area contributed by atoms with Crippen molar-refractivity contribution in [2.24, 2.45) is 0 Å². The minimum Gasteiger partial charge on any atom is -0.367 e. The number of nitrogens with zero attached hydrogens (tertiary/aromatic N) is 2. The minimum atomic E-state index is 0.616. The number of thioether (sulfide) groups is 1. The van der Waals surface area contributed by atoms with E-state index >= 15 is 0 Å². The molecule has 1 aliphatic heterocycles. The monoisotopic (exact) mass is 279 g/mol. The molecule has 4 heteroatoms. The van der Waals surface area contributed by atoms with Crippen LogP contribution >= 0.6 is 11.8 Å². The lowest BCUT2D eigenvalue weighted by Crippen LogP contribution is -2.41. The summed E-state index contributed by atoms with van der Waals surface area (Å²) in [5.41, 5.74) is 3.82. The first-order valence-electron chi connectivity index (χ1n) is 7.23. The van der Waals surface area contributed by atoms with E-state index in [1.165, 1.54) is 29.2 Å². The quantitative estimate of drug-likeness (QED) is 0.839. The van der Waals surface area contributed by atoms with Gasteiger partial charge in [0.15, 0.2) is 0 Å². The van der Waals surface area contributed by atoms with Gasteiger partial charge in [0, 0.05) is 53.8 Å². The number of anilines is 1. The summed E-state index contributed by atoms with van der Waals surface area (Å²) in [5.74, 6) is 2.46. The highest BCUT2D eigenvalue weighted by atomic mass is 32.2. The Morgan fingerprint density at radius 3 is 3.11 bits per heavy atom. The lowest BCUT2D eigenvalue weighted by Gasteiger charge is -2.36. The Bertz CT molecular complexity index is 408. The van der Waals surface area contributed by atoms with Crippen molar-refractivity contribution in [2.75, 3.05) is 29.5 Å². The molecule has 3 nitrogen and oxygen atoms in total. The fraction of sp³-hybridized carbons (Fsp3) is 0.667. The van der Waals surface area contributed by atoms with Crippen molar-refractivity contribution in [1.29, 1.82) is 0 Å². The van der Waals surface area contributed by atoms with Gasteiger partial charge in [-0.15, -0.1) is 0 Å². The van der Waals surface area contributed by atoms with Gasteiger partial charge in [-0.2, -0.15) is 11.8 Å². The fourth-order valence-corrected chi connectivity index (χ4v) is 3.48. The number of pyridine rings is 1. The van der Waals surface area contributed by atoms with Crippen LogP contribution in [0.2, 0.25) is 0 Å². The predicted octanol–water partition coefficient (Wildman–Crippen LogP) is 2.83. The lowest BCUT2D eigenvalue weighted by molar-refractivity contribution is 0.658. The number of hydrogen-bond acceptors (Lipinski definition) is 4. The van der Waals surface area contributed by atoms with Gasteiger partial charge < -0.3 is 10.2 Å². The van der Waals surface area contributed by atoms with Gasteiger partial charge in [-0.1, -0.05) is 6.92 Å². The molecule has 1 atom stereocenters. The van der Waals surface area contributed by atoms with Crippen LogP contribution in [0.25, 0.3) is 0 Å². The predicted molar refractivity (Wildman–Crippen MR) is 85.1 cm³/mol. The molecule has 1 saturated heterocycles. The van der Waals surface area contributed by atoms with Gasteiger partial charge in [-0.3, -0.25) is 4.98 Å². The number of hydrogen-bond donors (Lipinski definition) is 1. The van der Waals surface area contributed by atoms with Crippen molar-refractivity contribution in [3.63, 3.8) is 0 Å². The summed E-state index contributed by atoms with van der Waals surface area (Å²) in [4.78, 5) is 7.02. The van der Waals surface area contributed by atoms with Crippen molar-refractivity contribution in [1.82, 2.24) is 10.3 Å². The van der Waals surface area contributed by atoms with Gasteiger partial charge in [-0.25, -0.2) is 0 Å². The van der Waals surface area contributed by atoms with Crippen LogP contribution in [0.4, 0.5) is 5.69 Å². The summed E-state index contributed by atoms with van der Waals surface area (Å²) >= 11 is 2.06.